The molecule has 0 spiro atoms. The quantitative estimate of drug-likeness (QED) is 0.817. The molecule has 0 aromatic carbocycles. The van der Waals surface area contributed by atoms with E-state index in [-0.39, 0.29) is 10.7 Å². The standard InChI is InChI=1S/C11H22N4O2S/c1-5-6-15-10(12)9(18(4,16)17)11(14-15)13-7-8(2)3/h8H,5-7,12H2,1-4H3,(H,13,14). The summed E-state index contributed by atoms with van der Waals surface area (Å²) >= 11 is 0. The van der Waals surface area contributed by atoms with Gasteiger partial charge in [0.25, 0.3) is 0 Å². The molecular formula is C11H22N4O2S. The Hall–Kier alpha value is -1.24. The van der Waals surface area contributed by atoms with E-state index in [0.29, 0.717) is 24.8 Å². The molecule has 1 rings (SSSR count). The molecule has 3 N–H and O–H groups in total. The van der Waals surface area contributed by atoms with Gasteiger partial charge >= 0.3 is 0 Å². The predicted molar refractivity (Wildman–Crippen MR) is 73.4 cm³/mol. The SMILES string of the molecule is CCCn1nc(NCC(C)C)c(S(C)(=O)=O)c1N. The van der Waals surface area contributed by atoms with Gasteiger partial charge in [0.05, 0.1) is 0 Å². The van der Waals surface area contributed by atoms with Gasteiger partial charge in [-0.3, -0.25) is 0 Å². The van der Waals surface area contributed by atoms with Crippen LogP contribution in [0, 0.1) is 5.92 Å². The first-order chi connectivity index (χ1) is 8.27. The zero-order chi connectivity index (χ0) is 13.9. The van der Waals surface area contributed by atoms with Crippen molar-refractivity contribution in [3.63, 3.8) is 0 Å². The molecule has 1 heterocycles. The summed E-state index contributed by atoms with van der Waals surface area (Å²) in [6, 6.07) is 0. The van der Waals surface area contributed by atoms with Gasteiger partial charge in [-0.2, -0.15) is 5.10 Å². The Kier molecular flexibility index (Phi) is 4.61. The van der Waals surface area contributed by atoms with Crippen molar-refractivity contribution in [3.05, 3.63) is 0 Å². The molecule has 0 saturated carbocycles. The van der Waals surface area contributed by atoms with Crippen molar-refractivity contribution in [2.45, 2.75) is 38.6 Å². The fraction of sp³-hybridized carbons (Fsp3) is 0.727. The van der Waals surface area contributed by atoms with E-state index in [0.717, 1.165) is 12.7 Å². The summed E-state index contributed by atoms with van der Waals surface area (Å²) in [6.45, 7) is 7.34. The largest absolute Gasteiger partial charge is 0.383 e. The molecule has 0 saturated heterocycles. The predicted octanol–water partition coefficient (Wildman–Crippen LogP) is 1.35. The number of nitrogens with one attached hydrogen (secondary N) is 1. The van der Waals surface area contributed by atoms with Crippen molar-refractivity contribution in [1.29, 1.82) is 0 Å². The molecule has 0 atom stereocenters. The van der Waals surface area contributed by atoms with Crippen LogP contribution in [0.4, 0.5) is 11.6 Å². The highest BCUT2D eigenvalue weighted by Crippen LogP contribution is 2.27. The highest BCUT2D eigenvalue weighted by atomic mass is 32.2. The van der Waals surface area contributed by atoms with E-state index < -0.39 is 9.84 Å². The average molecular weight is 274 g/mol. The summed E-state index contributed by atoms with van der Waals surface area (Å²) in [5.74, 6) is 0.970. The van der Waals surface area contributed by atoms with E-state index in [2.05, 4.69) is 10.4 Å². The first-order valence-electron chi connectivity index (χ1n) is 6.07. The third-order valence-electron chi connectivity index (χ3n) is 2.43. The van der Waals surface area contributed by atoms with Crippen molar-refractivity contribution in [3.8, 4) is 0 Å². The number of aromatic nitrogens is 2. The van der Waals surface area contributed by atoms with Crippen LogP contribution >= 0.6 is 0 Å². The summed E-state index contributed by atoms with van der Waals surface area (Å²) in [5.41, 5.74) is 5.86. The molecule has 1 aromatic rings. The fourth-order valence-electron chi connectivity index (χ4n) is 1.62. The Morgan fingerprint density at radius 1 is 1.44 bits per heavy atom. The van der Waals surface area contributed by atoms with Gasteiger partial charge < -0.3 is 11.1 Å². The van der Waals surface area contributed by atoms with Crippen LogP contribution in [-0.4, -0.2) is 31.0 Å². The highest BCUT2D eigenvalue weighted by molar-refractivity contribution is 7.91. The smallest absolute Gasteiger partial charge is 0.182 e. The van der Waals surface area contributed by atoms with Gasteiger partial charge in [-0.1, -0.05) is 20.8 Å². The van der Waals surface area contributed by atoms with Gasteiger partial charge in [-0.15, -0.1) is 0 Å². The van der Waals surface area contributed by atoms with Crippen LogP contribution in [0.15, 0.2) is 4.90 Å². The Morgan fingerprint density at radius 2 is 2.06 bits per heavy atom. The number of nitrogens with two attached hydrogens (primary N) is 1. The highest BCUT2D eigenvalue weighted by Gasteiger charge is 2.23. The van der Waals surface area contributed by atoms with Gasteiger partial charge in [-0.05, 0) is 12.3 Å². The minimum atomic E-state index is -3.38. The maximum Gasteiger partial charge on any atom is 0.182 e. The van der Waals surface area contributed by atoms with E-state index in [1.807, 2.05) is 20.8 Å². The molecule has 0 amide bonds. The molecule has 0 unspecified atom stereocenters. The third-order valence-corrected chi connectivity index (χ3v) is 3.57. The zero-order valence-electron chi connectivity index (χ0n) is 11.4. The van der Waals surface area contributed by atoms with Gasteiger partial charge in [0.1, 0.15) is 5.82 Å². The van der Waals surface area contributed by atoms with Crippen LogP contribution in [0.1, 0.15) is 27.2 Å². The van der Waals surface area contributed by atoms with Crippen molar-refractivity contribution in [2.75, 3.05) is 23.9 Å². The van der Waals surface area contributed by atoms with Crippen LogP contribution in [0.25, 0.3) is 0 Å². The number of rotatable bonds is 6. The lowest BCUT2D eigenvalue weighted by Gasteiger charge is -2.07. The van der Waals surface area contributed by atoms with Crippen molar-refractivity contribution >= 4 is 21.5 Å². The molecule has 0 aliphatic rings. The molecule has 0 aliphatic heterocycles. The lowest BCUT2D eigenvalue weighted by atomic mass is 10.2. The topological polar surface area (TPSA) is 90.0 Å². The lowest BCUT2D eigenvalue weighted by molar-refractivity contribution is 0.600. The summed E-state index contributed by atoms with van der Waals surface area (Å²) in [6.07, 6.45) is 2.00. The van der Waals surface area contributed by atoms with Crippen LogP contribution in [-0.2, 0) is 16.4 Å². The molecule has 0 fully saturated rings. The van der Waals surface area contributed by atoms with E-state index in [4.69, 9.17) is 5.73 Å². The van der Waals surface area contributed by atoms with Crippen LogP contribution in [0.5, 0.6) is 0 Å². The molecule has 0 bridgehead atoms. The average Bonchev–Trinajstić information content (AvgIpc) is 2.53. The summed E-state index contributed by atoms with van der Waals surface area (Å²) < 4.78 is 25.1. The first-order valence-corrected chi connectivity index (χ1v) is 7.96. The Bertz CT molecular complexity index is 505. The summed E-state index contributed by atoms with van der Waals surface area (Å²) in [5, 5.41) is 7.29. The minimum Gasteiger partial charge on any atom is -0.383 e. The van der Waals surface area contributed by atoms with E-state index in [1.165, 1.54) is 0 Å². The summed E-state index contributed by atoms with van der Waals surface area (Å²) in [4.78, 5) is 0.108. The zero-order valence-corrected chi connectivity index (χ0v) is 12.2. The summed E-state index contributed by atoms with van der Waals surface area (Å²) in [7, 11) is -3.38. The first kappa shape index (κ1) is 14.8. The molecule has 18 heavy (non-hydrogen) atoms. The number of nitrogens with zero attached hydrogens (tertiary/aromatic N) is 2. The van der Waals surface area contributed by atoms with Crippen molar-refractivity contribution in [2.24, 2.45) is 5.92 Å². The molecule has 104 valence electrons. The Morgan fingerprint density at radius 3 is 2.50 bits per heavy atom. The van der Waals surface area contributed by atoms with Crippen LogP contribution in [0.2, 0.25) is 0 Å². The molecular weight excluding hydrogens is 252 g/mol. The van der Waals surface area contributed by atoms with Gasteiger partial charge in [0.15, 0.2) is 20.6 Å². The normalized spacial score (nSPS) is 12.1. The van der Waals surface area contributed by atoms with Crippen molar-refractivity contribution < 1.29 is 8.42 Å². The maximum absolute atomic E-state index is 11.8. The van der Waals surface area contributed by atoms with E-state index in [1.54, 1.807) is 4.68 Å². The number of hydrogen-bond acceptors (Lipinski definition) is 5. The van der Waals surface area contributed by atoms with Gasteiger partial charge in [-0.25, -0.2) is 13.1 Å². The van der Waals surface area contributed by atoms with Crippen LogP contribution in [0.3, 0.4) is 0 Å². The van der Waals surface area contributed by atoms with Crippen molar-refractivity contribution in [1.82, 2.24) is 9.78 Å². The third kappa shape index (κ3) is 3.38. The Labute approximate surface area is 108 Å². The Balaban J connectivity index is 3.18. The number of aryl methyl sites for hydroxylation is 1. The van der Waals surface area contributed by atoms with E-state index in [9.17, 15) is 8.42 Å². The molecule has 6 nitrogen and oxygen atoms in total. The fourth-order valence-corrected chi connectivity index (χ4v) is 2.57. The van der Waals surface area contributed by atoms with Gasteiger partial charge in [0, 0.05) is 19.3 Å². The second-order valence-electron chi connectivity index (χ2n) is 4.83. The second kappa shape index (κ2) is 5.60. The lowest BCUT2D eigenvalue weighted by Crippen LogP contribution is -2.11. The molecule has 7 heteroatoms. The molecule has 0 radical (unpaired) electrons. The number of anilines is 2. The second-order valence-corrected chi connectivity index (χ2v) is 6.79. The van der Waals surface area contributed by atoms with Gasteiger partial charge in [0.2, 0.25) is 0 Å². The number of hydrogen-bond donors (Lipinski definition) is 2. The number of nitrogen functional groups attached to an aromatic ring is 1. The molecule has 0 aliphatic carbocycles. The minimum absolute atomic E-state index is 0.108. The monoisotopic (exact) mass is 274 g/mol. The number of sulfone groups is 1. The molecule has 1 aromatic heterocycles. The maximum atomic E-state index is 11.8. The van der Waals surface area contributed by atoms with Crippen LogP contribution < -0.4 is 11.1 Å². The van der Waals surface area contributed by atoms with E-state index >= 15 is 0 Å².